The van der Waals surface area contributed by atoms with E-state index in [0.29, 0.717) is 0 Å². The molecule has 0 saturated heterocycles. The van der Waals surface area contributed by atoms with Crippen molar-refractivity contribution in [3.8, 4) is 0 Å². The summed E-state index contributed by atoms with van der Waals surface area (Å²) in [6.07, 6.45) is 14.5. The fraction of sp³-hybridized carbons (Fsp3) is 0.568. The van der Waals surface area contributed by atoms with Crippen molar-refractivity contribution in [2.24, 2.45) is 0 Å². The number of carboxylic acid groups (broad SMARTS) is 1. The van der Waals surface area contributed by atoms with Crippen LogP contribution in [0.15, 0.2) is 36.4 Å². The molecule has 0 unspecified atom stereocenters. The smallest absolute Gasteiger partial charge is 0.209 e. The van der Waals surface area contributed by atoms with Crippen molar-refractivity contribution < 1.29 is 14.5 Å². The normalized spacial score (nSPS) is 19.9. The maximum atomic E-state index is 11.7. The van der Waals surface area contributed by atoms with Crippen molar-refractivity contribution in [3.63, 3.8) is 0 Å². The molecule has 2 aromatic rings. The summed E-state index contributed by atoms with van der Waals surface area (Å²) in [5.74, 6) is -1.11. The Morgan fingerprint density at radius 2 is 1.46 bits per heavy atom. The molecule has 0 aliphatic carbocycles. The van der Waals surface area contributed by atoms with Gasteiger partial charge in [0.25, 0.3) is 0 Å². The molecule has 3 aliphatic heterocycles. The molecule has 0 spiro atoms. The fourth-order valence-corrected chi connectivity index (χ4v) is 7.33. The number of benzene rings is 2. The maximum absolute atomic E-state index is 11.7. The lowest BCUT2D eigenvalue weighted by Crippen LogP contribution is -2.44. The van der Waals surface area contributed by atoms with Crippen LogP contribution in [0.1, 0.15) is 132 Å². The van der Waals surface area contributed by atoms with E-state index in [1.54, 1.807) is 6.07 Å². The van der Waals surface area contributed by atoms with Gasteiger partial charge in [-0.2, -0.15) is 4.58 Å². The number of hydrogen-bond donors (Lipinski definition) is 0. The average molecular weight is 555 g/mol. The molecular formula is C37H50N2O2. The largest absolute Gasteiger partial charge is 0.545 e. The Morgan fingerprint density at radius 3 is 2.07 bits per heavy atom. The molecule has 2 aromatic carbocycles. The summed E-state index contributed by atoms with van der Waals surface area (Å²) in [4.78, 5) is 14.4. The first kappa shape index (κ1) is 29.6. The van der Waals surface area contributed by atoms with Crippen molar-refractivity contribution in [2.75, 3.05) is 24.5 Å². The number of anilines is 1. The highest BCUT2D eigenvalue weighted by molar-refractivity contribution is 6.06. The Balaban J connectivity index is 1.55. The van der Waals surface area contributed by atoms with E-state index < -0.39 is 5.97 Å². The molecule has 0 N–H and O–H groups in total. The number of unbranched alkanes of at least 4 members (excludes halogenated alkanes) is 5. The van der Waals surface area contributed by atoms with E-state index in [1.807, 2.05) is 12.1 Å². The number of fused-ring (bicyclic) bond motifs is 1. The molecule has 4 heteroatoms. The highest BCUT2D eigenvalue weighted by Gasteiger charge is 2.44. The second-order valence-electron chi connectivity index (χ2n) is 14.5. The summed E-state index contributed by atoms with van der Waals surface area (Å²) in [6, 6.07) is 10.4. The van der Waals surface area contributed by atoms with Gasteiger partial charge in [-0.1, -0.05) is 60.3 Å². The number of allylic oxidation sites excluding steroid dienone is 1. The number of aromatic carboxylic acids is 1. The van der Waals surface area contributed by atoms with Crippen LogP contribution in [-0.2, 0) is 16.2 Å². The molecule has 0 bridgehead atoms. The van der Waals surface area contributed by atoms with E-state index >= 15 is 0 Å². The number of carbonyl (C=O) groups is 1. The Hall–Kier alpha value is -2.88. The second-order valence-corrected chi connectivity index (χ2v) is 14.5. The quantitative estimate of drug-likeness (QED) is 0.224. The number of rotatable bonds is 10. The van der Waals surface area contributed by atoms with Gasteiger partial charge >= 0.3 is 0 Å². The van der Waals surface area contributed by atoms with Crippen LogP contribution in [0.4, 0.5) is 11.4 Å². The summed E-state index contributed by atoms with van der Waals surface area (Å²) in [6.45, 7) is 19.5. The van der Waals surface area contributed by atoms with Crippen LogP contribution in [0.25, 0.3) is 6.08 Å². The van der Waals surface area contributed by atoms with Crippen LogP contribution in [0.3, 0.4) is 0 Å². The molecule has 0 aromatic heterocycles. The lowest BCUT2D eigenvalue weighted by atomic mass is 9.69. The highest BCUT2D eigenvalue weighted by atomic mass is 16.4. The first-order valence-electron chi connectivity index (χ1n) is 16.0. The van der Waals surface area contributed by atoms with Gasteiger partial charge in [-0.05, 0) is 96.5 Å². The Labute approximate surface area is 248 Å². The van der Waals surface area contributed by atoms with Crippen molar-refractivity contribution in [3.05, 3.63) is 64.2 Å². The van der Waals surface area contributed by atoms with Gasteiger partial charge in [0.1, 0.15) is 6.54 Å². The molecule has 5 rings (SSSR count). The average Bonchev–Trinajstić information content (AvgIpc) is 3.13. The third-order valence-electron chi connectivity index (χ3n) is 10.2. The van der Waals surface area contributed by atoms with Gasteiger partial charge in [0, 0.05) is 42.9 Å². The predicted octanol–water partition coefficient (Wildman–Crippen LogP) is 7.67. The third kappa shape index (κ3) is 5.51. The van der Waals surface area contributed by atoms with Gasteiger partial charge in [0.15, 0.2) is 5.71 Å². The van der Waals surface area contributed by atoms with Gasteiger partial charge < -0.3 is 14.8 Å². The van der Waals surface area contributed by atoms with Gasteiger partial charge in [-0.15, -0.1) is 0 Å². The minimum absolute atomic E-state index is 0.152. The molecular weight excluding hydrogens is 504 g/mol. The molecule has 0 saturated carbocycles. The first-order chi connectivity index (χ1) is 19.4. The molecule has 41 heavy (non-hydrogen) atoms. The molecule has 220 valence electrons. The van der Waals surface area contributed by atoms with E-state index in [9.17, 15) is 9.90 Å². The molecule has 0 amide bonds. The molecule has 0 atom stereocenters. The minimum Gasteiger partial charge on any atom is -0.545 e. The number of carbonyl (C=O) groups excluding carboxylic acids is 1. The van der Waals surface area contributed by atoms with Gasteiger partial charge in [0.2, 0.25) is 5.69 Å². The molecule has 3 heterocycles. The maximum Gasteiger partial charge on any atom is 0.209 e. The van der Waals surface area contributed by atoms with E-state index in [-0.39, 0.29) is 21.8 Å². The minimum atomic E-state index is -1.11. The standard InChI is InChI=1S/C37H50N2O2/c1-8-9-10-11-12-13-20-39-31-16-15-27(34(40)41)25-28(31)37(6,7)32(39)17-14-26-23-29-33-30(24-26)36(4,5)19-22-38(33)21-18-35(29,2)3/h14-17,23-25H,8-13,18-22H2,1-7H3. The van der Waals surface area contributed by atoms with Crippen LogP contribution in [0.5, 0.6) is 0 Å². The zero-order valence-electron chi connectivity index (χ0n) is 26.5. The zero-order chi connectivity index (χ0) is 29.6. The lowest BCUT2D eigenvalue weighted by molar-refractivity contribution is -0.438. The van der Waals surface area contributed by atoms with Crippen LogP contribution in [0, 0.1) is 0 Å². The molecule has 4 nitrogen and oxygen atoms in total. The van der Waals surface area contributed by atoms with Crippen molar-refractivity contribution in [2.45, 2.75) is 116 Å². The Kier molecular flexibility index (Phi) is 8.00. The molecule has 0 radical (unpaired) electrons. The molecule has 3 aliphatic rings. The number of carboxylic acids is 1. The highest BCUT2D eigenvalue weighted by Crippen LogP contribution is 2.49. The third-order valence-corrected chi connectivity index (χ3v) is 10.2. The topological polar surface area (TPSA) is 46.4 Å². The van der Waals surface area contributed by atoms with E-state index in [1.165, 1.54) is 73.0 Å². The van der Waals surface area contributed by atoms with Crippen LogP contribution in [-0.4, -0.2) is 35.9 Å². The van der Waals surface area contributed by atoms with E-state index in [4.69, 9.17) is 0 Å². The number of hydrogen-bond acceptors (Lipinski definition) is 3. The summed E-state index contributed by atoms with van der Waals surface area (Å²) < 4.78 is 2.45. The van der Waals surface area contributed by atoms with Crippen molar-refractivity contribution in [1.29, 1.82) is 0 Å². The number of nitrogens with zero attached hydrogens (tertiary/aromatic N) is 2. The van der Waals surface area contributed by atoms with Crippen LogP contribution >= 0.6 is 0 Å². The van der Waals surface area contributed by atoms with E-state index in [2.05, 4.69) is 82.2 Å². The van der Waals surface area contributed by atoms with Crippen molar-refractivity contribution in [1.82, 2.24) is 0 Å². The Bertz CT molecular complexity index is 1350. The van der Waals surface area contributed by atoms with E-state index in [0.717, 1.165) is 37.3 Å². The fourth-order valence-electron chi connectivity index (χ4n) is 7.33. The monoisotopic (exact) mass is 554 g/mol. The molecule has 0 fully saturated rings. The summed E-state index contributed by atoms with van der Waals surface area (Å²) >= 11 is 0. The van der Waals surface area contributed by atoms with Gasteiger partial charge in [-0.3, -0.25) is 0 Å². The SMILES string of the molecule is CCCCCCCC[N+]1=C(/C=C/c2cc3c4c(c2)C(C)(C)CCN4CCC3(C)C)C(C)(C)c2cc(C(=O)[O-])ccc21. The van der Waals surface area contributed by atoms with Gasteiger partial charge in [0.05, 0.1) is 11.4 Å². The Morgan fingerprint density at radius 1 is 0.854 bits per heavy atom. The van der Waals surface area contributed by atoms with Gasteiger partial charge in [-0.25, -0.2) is 0 Å². The predicted molar refractivity (Wildman–Crippen MR) is 170 cm³/mol. The second kappa shape index (κ2) is 11.1. The van der Waals surface area contributed by atoms with Crippen molar-refractivity contribution >= 4 is 29.1 Å². The van der Waals surface area contributed by atoms with Crippen LogP contribution in [0.2, 0.25) is 0 Å². The summed E-state index contributed by atoms with van der Waals surface area (Å²) in [5, 5.41) is 11.7. The summed E-state index contributed by atoms with van der Waals surface area (Å²) in [5.41, 5.74) is 9.40. The summed E-state index contributed by atoms with van der Waals surface area (Å²) in [7, 11) is 0. The lowest BCUT2D eigenvalue weighted by Gasteiger charge is -2.48. The first-order valence-corrected chi connectivity index (χ1v) is 16.0. The zero-order valence-corrected chi connectivity index (χ0v) is 26.5. The van der Waals surface area contributed by atoms with Crippen LogP contribution < -0.4 is 10.0 Å².